The Morgan fingerprint density at radius 1 is 1.23 bits per heavy atom. The van der Waals surface area contributed by atoms with Gasteiger partial charge >= 0.3 is 0 Å². The number of hydrogen-bond donors (Lipinski definition) is 1. The normalized spacial score (nSPS) is 22.0. The van der Waals surface area contributed by atoms with Gasteiger partial charge in [-0.3, -0.25) is 0 Å². The van der Waals surface area contributed by atoms with Gasteiger partial charge in [0, 0.05) is 18.0 Å². The molecule has 0 bridgehead atoms. The van der Waals surface area contributed by atoms with Gasteiger partial charge in [0.1, 0.15) is 27.8 Å². The van der Waals surface area contributed by atoms with Crippen molar-refractivity contribution in [1.82, 2.24) is 14.1 Å². The van der Waals surface area contributed by atoms with E-state index in [1.54, 1.807) is 31.2 Å². The van der Waals surface area contributed by atoms with E-state index in [0.29, 0.717) is 28.3 Å². The van der Waals surface area contributed by atoms with E-state index < -0.39 is 9.84 Å². The lowest BCUT2D eigenvalue weighted by molar-refractivity contribution is 0.176. The van der Waals surface area contributed by atoms with E-state index in [0.717, 1.165) is 36.8 Å². The number of fused-ring (bicyclic) bond motifs is 4. The van der Waals surface area contributed by atoms with Crippen molar-refractivity contribution < 1.29 is 13.2 Å². The van der Waals surface area contributed by atoms with Gasteiger partial charge in [-0.1, -0.05) is 12.1 Å². The van der Waals surface area contributed by atoms with Crippen LogP contribution in [0.4, 0.5) is 0 Å². The summed E-state index contributed by atoms with van der Waals surface area (Å²) in [6.07, 6.45) is 1.09. The van der Waals surface area contributed by atoms with Crippen molar-refractivity contribution in [3.8, 4) is 5.75 Å². The van der Waals surface area contributed by atoms with Crippen LogP contribution < -0.4 is 10.1 Å². The Balaban J connectivity index is 1.64. The molecule has 1 aromatic heterocycles. The van der Waals surface area contributed by atoms with Crippen LogP contribution in [0.15, 0.2) is 40.1 Å². The van der Waals surface area contributed by atoms with Crippen LogP contribution in [0.5, 0.6) is 5.75 Å². The monoisotopic (exact) mass is 387 g/mol. The van der Waals surface area contributed by atoms with Gasteiger partial charge in [-0.25, -0.2) is 8.42 Å². The molecule has 1 N–H and O–H groups in total. The van der Waals surface area contributed by atoms with E-state index in [2.05, 4.69) is 14.1 Å². The van der Waals surface area contributed by atoms with Crippen molar-refractivity contribution in [3.05, 3.63) is 41.5 Å². The molecule has 8 heteroatoms. The van der Waals surface area contributed by atoms with Gasteiger partial charge in [-0.05, 0) is 43.7 Å². The van der Waals surface area contributed by atoms with Crippen LogP contribution in [-0.2, 0) is 9.84 Å². The number of piperidine rings is 1. The number of nitrogens with zero attached hydrogens (tertiary/aromatic N) is 2. The maximum Gasteiger partial charge on any atom is 0.209 e. The molecule has 1 saturated heterocycles. The second-order valence-electron chi connectivity index (χ2n) is 6.80. The summed E-state index contributed by atoms with van der Waals surface area (Å²) in [4.78, 5) is 0.479. The first-order valence-electron chi connectivity index (χ1n) is 8.54. The molecule has 0 amide bonds. The Morgan fingerprint density at radius 3 is 3.00 bits per heavy atom. The molecule has 2 aliphatic heterocycles. The third-order valence-corrected chi connectivity index (χ3v) is 7.72. The average molecular weight is 387 g/mol. The fourth-order valence-corrected chi connectivity index (χ4v) is 6.19. The van der Waals surface area contributed by atoms with Crippen LogP contribution in [0, 0.1) is 6.92 Å². The molecule has 0 radical (unpaired) electrons. The highest BCUT2D eigenvalue weighted by Gasteiger charge is 2.37. The Labute approximate surface area is 155 Å². The number of nitrogens with one attached hydrogen (secondary N) is 1. The first kappa shape index (κ1) is 16.2. The van der Waals surface area contributed by atoms with E-state index >= 15 is 0 Å². The van der Waals surface area contributed by atoms with Crippen molar-refractivity contribution in [1.29, 1.82) is 0 Å². The lowest BCUT2D eigenvalue weighted by atomic mass is 9.90. The van der Waals surface area contributed by atoms with Gasteiger partial charge < -0.3 is 10.1 Å². The van der Waals surface area contributed by atoms with Gasteiger partial charge in [-0.2, -0.15) is 8.75 Å². The molecule has 2 atom stereocenters. The second-order valence-corrected chi connectivity index (χ2v) is 9.22. The van der Waals surface area contributed by atoms with Crippen LogP contribution in [0.3, 0.4) is 0 Å². The van der Waals surface area contributed by atoms with E-state index in [-0.39, 0.29) is 15.9 Å². The Hall–Kier alpha value is -2.03. The van der Waals surface area contributed by atoms with Gasteiger partial charge in [0.2, 0.25) is 9.84 Å². The molecule has 0 saturated carbocycles. The molecule has 0 aliphatic carbocycles. The summed E-state index contributed by atoms with van der Waals surface area (Å²) in [6.45, 7) is 3.54. The highest BCUT2D eigenvalue weighted by atomic mass is 32.2. The predicted octanol–water partition coefficient (Wildman–Crippen LogP) is 2.67. The Morgan fingerprint density at radius 2 is 2.12 bits per heavy atom. The summed E-state index contributed by atoms with van der Waals surface area (Å²) in [5.74, 6) is 1.03. The van der Waals surface area contributed by atoms with E-state index in [9.17, 15) is 8.42 Å². The topological polar surface area (TPSA) is 81.2 Å². The van der Waals surface area contributed by atoms with Gasteiger partial charge in [-0.15, -0.1) is 0 Å². The number of benzene rings is 2. The number of rotatable bonds is 2. The summed E-state index contributed by atoms with van der Waals surface area (Å²) >= 11 is 1.02. The average Bonchev–Trinajstić information content (AvgIpc) is 3.24. The van der Waals surface area contributed by atoms with E-state index in [4.69, 9.17) is 4.74 Å². The molecular weight excluding hydrogens is 370 g/mol. The van der Waals surface area contributed by atoms with Crippen LogP contribution >= 0.6 is 11.7 Å². The zero-order chi connectivity index (χ0) is 17.9. The number of aromatic nitrogens is 2. The molecule has 3 aromatic rings. The van der Waals surface area contributed by atoms with Crippen LogP contribution in [-0.4, -0.2) is 36.4 Å². The molecule has 0 spiro atoms. The summed E-state index contributed by atoms with van der Waals surface area (Å²) < 4.78 is 41.1. The largest absolute Gasteiger partial charge is 0.488 e. The number of aryl methyl sites for hydroxylation is 1. The maximum atomic E-state index is 13.3. The number of ether oxygens (including phenoxy) is 1. The van der Waals surface area contributed by atoms with Crippen LogP contribution in [0.2, 0.25) is 0 Å². The van der Waals surface area contributed by atoms with Crippen molar-refractivity contribution in [3.63, 3.8) is 0 Å². The van der Waals surface area contributed by atoms with Crippen LogP contribution in [0.1, 0.15) is 23.5 Å². The quantitative estimate of drug-likeness (QED) is 0.728. The molecule has 6 nitrogen and oxygen atoms in total. The van der Waals surface area contributed by atoms with Crippen molar-refractivity contribution >= 4 is 32.6 Å². The molecule has 2 aliphatic rings. The Kier molecular flexibility index (Phi) is 3.57. The highest BCUT2D eigenvalue weighted by molar-refractivity contribution is 7.91. The molecule has 5 rings (SSSR count). The number of sulfone groups is 1. The maximum absolute atomic E-state index is 13.3. The zero-order valence-corrected chi connectivity index (χ0v) is 15.7. The Bertz CT molecular complexity index is 1120. The minimum absolute atomic E-state index is 0.0876. The lowest BCUT2D eigenvalue weighted by Crippen LogP contribution is -2.39. The number of hydrogen-bond acceptors (Lipinski definition) is 7. The fourth-order valence-electron chi connectivity index (χ4n) is 3.95. The molecule has 2 unspecified atom stereocenters. The summed E-state index contributed by atoms with van der Waals surface area (Å²) in [5.41, 5.74) is 2.83. The second kappa shape index (κ2) is 5.73. The molecule has 3 heterocycles. The molecular formula is C18H17N3O3S2. The summed E-state index contributed by atoms with van der Waals surface area (Å²) in [5, 5.41) is 3.33. The predicted molar refractivity (Wildman–Crippen MR) is 98.7 cm³/mol. The minimum atomic E-state index is -3.71. The van der Waals surface area contributed by atoms with Crippen LogP contribution in [0.25, 0.3) is 11.0 Å². The van der Waals surface area contributed by atoms with Crippen molar-refractivity contribution in [2.24, 2.45) is 0 Å². The SMILES string of the molecule is Cc1ccc2nsnc2c1S(=O)(=O)c1ccc2c(c1)OC1CNCCC21. The fraction of sp³-hybridized carbons (Fsp3) is 0.333. The third-order valence-electron chi connectivity index (χ3n) is 5.25. The summed E-state index contributed by atoms with van der Waals surface area (Å²) in [6, 6.07) is 8.85. The highest BCUT2D eigenvalue weighted by Crippen LogP contribution is 2.43. The van der Waals surface area contributed by atoms with Gasteiger partial charge in [0.25, 0.3) is 0 Å². The van der Waals surface area contributed by atoms with Gasteiger partial charge in [0.15, 0.2) is 0 Å². The zero-order valence-electron chi connectivity index (χ0n) is 14.1. The molecule has 1 fully saturated rings. The molecule has 26 heavy (non-hydrogen) atoms. The summed E-state index contributed by atoms with van der Waals surface area (Å²) in [7, 11) is -3.71. The van der Waals surface area contributed by atoms with Gasteiger partial charge in [0.05, 0.1) is 16.6 Å². The first-order chi connectivity index (χ1) is 12.6. The smallest absolute Gasteiger partial charge is 0.209 e. The van der Waals surface area contributed by atoms with Crippen molar-refractivity contribution in [2.75, 3.05) is 13.1 Å². The molecule has 134 valence electrons. The van der Waals surface area contributed by atoms with E-state index in [1.165, 1.54) is 0 Å². The van der Waals surface area contributed by atoms with E-state index in [1.807, 2.05) is 6.07 Å². The lowest BCUT2D eigenvalue weighted by Gasteiger charge is -2.24. The third kappa shape index (κ3) is 2.29. The first-order valence-corrected chi connectivity index (χ1v) is 10.8. The minimum Gasteiger partial charge on any atom is -0.488 e. The molecule has 2 aromatic carbocycles. The standard InChI is InChI=1S/C18H17N3O3S2/c1-10-2-5-14-17(21-25-20-14)18(10)26(22,23)11-3-4-12-13-6-7-19-9-16(13)24-15(12)8-11/h2-5,8,13,16,19H,6-7,9H2,1H3. The van der Waals surface area contributed by atoms with Crippen molar-refractivity contribution in [2.45, 2.75) is 35.2 Å².